The van der Waals surface area contributed by atoms with Crippen LogP contribution in [0.25, 0.3) is 0 Å². The molecule has 14 heavy (non-hydrogen) atoms. The van der Waals surface area contributed by atoms with Crippen molar-refractivity contribution in [1.82, 2.24) is 0 Å². The Morgan fingerprint density at radius 1 is 1.64 bits per heavy atom. The molecule has 0 aliphatic rings. The third-order valence-electron chi connectivity index (χ3n) is 1.93. The number of hydrogen-bond donors (Lipinski definition) is 1. The first kappa shape index (κ1) is 12.9. The first-order valence-corrected chi connectivity index (χ1v) is 4.73. The maximum absolute atomic E-state index is 10.7. The predicted molar refractivity (Wildman–Crippen MR) is 56.2 cm³/mol. The van der Waals surface area contributed by atoms with Crippen molar-refractivity contribution >= 4 is 5.97 Å². The van der Waals surface area contributed by atoms with Crippen molar-refractivity contribution in [2.45, 2.75) is 38.9 Å². The maximum atomic E-state index is 10.7. The molecule has 0 saturated heterocycles. The average molecular weight is 198 g/mol. The molecular formula is C11H18O3. The summed E-state index contributed by atoms with van der Waals surface area (Å²) < 4.78 is 5.46. The van der Waals surface area contributed by atoms with E-state index in [9.17, 15) is 4.79 Å². The molecule has 0 aromatic carbocycles. The van der Waals surface area contributed by atoms with E-state index >= 15 is 0 Å². The van der Waals surface area contributed by atoms with Crippen molar-refractivity contribution < 1.29 is 14.6 Å². The van der Waals surface area contributed by atoms with Crippen molar-refractivity contribution in [3.8, 4) is 0 Å². The number of ether oxygens (including phenoxy) is 1. The molecule has 80 valence electrons. The molecule has 0 aromatic heterocycles. The van der Waals surface area contributed by atoms with E-state index in [1.165, 1.54) is 0 Å². The fourth-order valence-electron chi connectivity index (χ4n) is 1.04. The van der Waals surface area contributed by atoms with Crippen LogP contribution in [0.5, 0.6) is 0 Å². The van der Waals surface area contributed by atoms with E-state index < -0.39 is 12.1 Å². The van der Waals surface area contributed by atoms with E-state index in [4.69, 9.17) is 9.84 Å². The van der Waals surface area contributed by atoms with Gasteiger partial charge in [-0.3, -0.25) is 0 Å². The quantitative estimate of drug-likeness (QED) is 0.504. The highest BCUT2D eigenvalue weighted by atomic mass is 16.5. The summed E-state index contributed by atoms with van der Waals surface area (Å²) in [5.41, 5.74) is 0.112. The smallest absolute Gasteiger partial charge is 0.333 e. The van der Waals surface area contributed by atoms with Crippen molar-refractivity contribution in [2.24, 2.45) is 0 Å². The van der Waals surface area contributed by atoms with Gasteiger partial charge in [-0.2, -0.15) is 0 Å². The fourth-order valence-corrected chi connectivity index (χ4v) is 1.04. The highest BCUT2D eigenvalue weighted by Gasteiger charge is 2.19. The van der Waals surface area contributed by atoms with Gasteiger partial charge in [-0.25, -0.2) is 4.79 Å². The summed E-state index contributed by atoms with van der Waals surface area (Å²) in [4.78, 5) is 10.7. The minimum atomic E-state index is -1.00. The Labute approximate surface area is 85.1 Å². The van der Waals surface area contributed by atoms with Crippen molar-refractivity contribution in [3.63, 3.8) is 0 Å². The van der Waals surface area contributed by atoms with E-state index in [0.29, 0.717) is 6.42 Å². The van der Waals surface area contributed by atoms with Crippen molar-refractivity contribution in [2.75, 3.05) is 0 Å². The normalized spacial score (nSPS) is 14.4. The molecule has 0 aliphatic carbocycles. The first-order valence-electron chi connectivity index (χ1n) is 4.73. The Balaban J connectivity index is 4.35. The topological polar surface area (TPSA) is 46.5 Å². The Morgan fingerprint density at radius 3 is 2.57 bits per heavy atom. The van der Waals surface area contributed by atoms with Gasteiger partial charge in [0.2, 0.25) is 0 Å². The lowest BCUT2D eigenvalue weighted by atomic mass is 10.1. The highest BCUT2D eigenvalue weighted by Crippen LogP contribution is 2.14. The Bertz CT molecular complexity index is 221. The van der Waals surface area contributed by atoms with Gasteiger partial charge in [0.25, 0.3) is 0 Å². The molecule has 0 heterocycles. The van der Waals surface area contributed by atoms with Gasteiger partial charge < -0.3 is 9.84 Å². The van der Waals surface area contributed by atoms with Gasteiger partial charge in [0.15, 0.2) is 0 Å². The summed E-state index contributed by atoms with van der Waals surface area (Å²) in [7, 11) is 0. The number of carboxylic acid groups (broad SMARTS) is 1. The summed E-state index contributed by atoms with van der Waals surface area (Å²) in [5, 5.41) is 8.76. The number of aliphatic carboxylic acids is 1. The Kier molecular flexibility index (Phi) is 5.88. The van der Waals surface area contributed by atoms with Crippen LogP contribution < -0.4 is 0 Å². The second-order valence-electron chi connectivity index (χ2n) is 3.18. The second kappa shape index (κ2) is 6.38. The van der Waals surface area contributed by atoms with Crippen LogP contribution in [0.4, 0.5) is 0 Å². The van der Waals surface area contributed by atoms with Gasteiger partial charge >= 0.3 is 5.97 Å². The number of carboxylic acids is 1. The van der Waals surface area contributed by atoms with Gasteiger partial charge in [-0.05, 0) is 13.3 Å². The predicted octanol–water partition coefficient (Wildman–Crippen LogP) is 2.39. The van der Waals surface area contributed by atoms with Crippen LogP contribution in [0.2, 0.25) is 0 Å². The third kappa shape index (κ3) is 4.23. The van der Waals surface area contributed by atoms with Crippen LogP contribution in [-0.4, -0.2) is 23.3 Å². The van der Waals surface area contributed by atoms with Gasteiger partial charge in [0, 0.05) is 0 Å². The summed E-state index contributed by atoms with van der Waals surface area (Å²) >= 11 is 0. The summed E-state index contributed by atoms with van der Waals surface area (Å²) in [5.74, 6) is -1.00. The average Bonchev–Trinajstić information content (AvgIpc) is 2.15. The number of rotatable bonds is 7. The zero-order chi connectivity index (χ0) is 11.1. The van der Waals surface area contributed by atoms with Crippen LogP contribution in [0.3, 0.4) is 0 Å². The summed E-state index contributed by atoms with van der Waals surface area (Å²) in [6.07, 6.45) is 2.61. The van der Waals surface area contributed by atoms with Gasteiger partial charge in [0.05, 0.1) is 17.8 Å². The first-order chi connectivity index (χ1) is 6.52. The molecule has 0 saturated carbocycles. The molecule has 3 heteroatoms. The lowest BCUT2D eigenvalue weighted by Gasteiger charge is -2.20. The lowest BCUT2D eigenvalue weighted by molar-refractivity contribution is -0.134. The largest absolute Gasteiger partial charge is 0.478 e. The summed E-state index contributed by atoms with van der Waals surface area (Å²) in [6, 6.07) is 0. The monoisotopic (exact) mass is 198 g/mol. The van der Waals surface area contributed by atoms with E-state index in [1.807, 2.05) is 13.8 Å². The molecular weight excluding hydrogens is 180 g/mol. The lowest BCUT2D eigenvalue weighted by Crippen LogP contribution is -2.24. The third-order valence-corrected chi connectivity index (χ3v) is 1.93. The van der Waals surface area contributed by atoms with E-state index in [0.717, 1.165) is 6.42 Å². The van der Waals surface area contributed by atoms with Crippen LogP contribution in [0, 0.1) is 0 Å². The molecule has 2 unspecified atom stereocenters. The Morgan fingerprint density at radius 2 is 2.21 bits per heavy atom. The van der Waals surface area contributed by atoms with Crippen LogP contribution in [0.1, 0.15) is 26.7 Å². The number of carbonyl (C=O) groups is 1. The zero-order valence-electron chi connectivity index (χ0n) is 8.82. The van der Waals surface area contributed by atoms with Crippen LogP contribution in [0.15, 0.2) is 24.8 Å². The molecule has 1 N–H and O–H groups in total. The molecule has 0 aromatic rings. The van der Waals surface area contributed by atoms with E-state index in [2.05, 4.69) is 13.2 Å². The number of hydrogen-bond acceptors (Lipinski definition) is 2. The highest BCUT2D eigenvalue weighted by molar-refractivity contribution is 5.86. The molecule has 0 bridgehead atoms. The standard InChI is InChI=1S/C11H18O3/c1-5-7-10(9(4)11(12)13)14-8(3)6-2/h6,8,10H,2,4-5,7H2,1,3H3,(H,12,13). The zero-order valence-corrected chi connectivity index (χ0v) is 8.82. The Hall–Kier alpha value is -1.09. The van der Waals surface area contributed by atoms with E-state index in [-0.39, 0.29) is 11.7 Å². The van der Waals surface area contributed by atoms with Crippen LogP contribution >= 0.6 is 0 Å². The molecule has 0 amide bonds. The van der Waals surface area contributed by atoms with Gasteiger partial charge in [-0.15, -0.1) is 6.58 Å². The minimum absolute atomic E-state index is 0.112. The molecule has 0 rings (SSSR count). The van der Waals surface area contributed by atoms with Crippen molar-refractivity contribution in [3.05, 3.63) is 24.8 Å². The maximum Gasteiger partial charge on any atom is 0.333 e. The SMILES string of the molecule is C=CC(C)OC(CCC)C(=C)C(=O)O. The van der Waals surface area contributed by atoms with Gasteiger partial charge in [-0.1, -0.05) is 26.0 Å². The molecule has 0 spiro atoms. The molecule has 2 atom stereocenters. The molecule has 0 fully saturated rings. The molecule has 0 radical (unpaired) electrons. The minimum Gasteiger partial charge on any atom is -0.478 e. The molecule has 0 aliphatic heterocycles. The fraction of sp³-hybridized carbons (Fsp3) is 0.545. The molecule has 3 nitrogen and oxygen atoms in total. The van der Waals surface area contributed by atoms with Crippen LogP contribution in [-0.2, 0) is 9.53 Å². The second-order valence-corrected chi connectivity index (χ2v) is 3.18. The van der Waals surface area contributed by atoms with E-state index in [1.54, 1.807) is 6.08 Å². The van der Waals surface area contributed by atoms with Gasteiger partial charge in [0.1, 0.15) is 0 Å². The van der Waals surface area contributed by atoms with Crippen molar-refractivity contribution in [1.29, 1.82) is 0 Å². The summed E-state index contributed by atoms with van der Waals surface area (Å²) in [6.45, 7) is 10.9.